The summed E-state index contributed by atoms with van der Waals surface area (Å²) < 4.78 is 9.76. The number of amides is 1. The molecule has 0 saturated carbocycles. The number of anilines is 3. The molecule has 0 bridgehead atoms. The van der Waals surface area contributed by atoms with Gasteiger partial charge < -0.3 is 20.1 Å². The minimum absolute atomic E-state index is 0.142. The molecule has 2 aromatic carbocycles. The molecule has 0 heterocycles. The Kier molecular flexibility index (Phi) is 17.4. The molecule has 42 heavy (non-hydrogen) atoms. The second kappa shape index (κ2) is 21.1. The lowest BCUT2D eigenvalue weighted by Crippen LogP contribution is -2.11. The Hall–Kier alpha value is -3.62. The fourth-order valence-corrected chi connectivity index (χ4v) is 4.75. The van der Waals surface area contributed by atoms with Crippen LogP contribution in [0.5, 0.6) is 5.75 Å². The van der Waals surface area contributed by atoms with Crippen molar-refractivity contribution in [3.8, 4) is 5.75 Å². The fourth-order valence-electron chi connectivity index (χ4n) is 4.75. The van der Waals surface area contributed by atoms with Gasteiger partial charge in [-0.1, -0.05) is 96.8 Å². The molecule has 232 valence electrons. The smallest absolute Gasteiger partial charge is 0.434 e. The highest BCUT2D eigenvalue weighted by molar-refractivity contribution is 5.91. The van der Waals surface area contributed by atoms with Crippen molar-refractivity contribution in [1.29, 1.82) is 0 Å². The predicted octanol–water partition coefficient (Wildman–Crippen LogP) is 10.1. The number of nitrogens with zero attached hydrogens (tertiary/aromatic N) is 1. The van der Waals surface area contributed by atoms with Gasteiger partial charge in [-0.2, -0.15) is 0 Å². The van der Waals surface area contributed by atoms with Crippen molar-refractivity contribution in [2.45, 2.75) is 117 Å². The minimum Gasteiger partial charge on any atom is -0.434 e. The van der Waals surface area contributed by atoms with Crippen LogP contribution in [0.3, 0.4) is 0 Å². The zero-order valence-corrected chi connectivity index (χ0v) is 25.5. The summed E-state index contributed by atoms with van der Waals surface area (Å²) in [5.41, 5.74) is 1.07. The van der Waals surface area contributed by atoms with Crippen molar-refractivity contribution >= 4 is 34.8 Å². The third-order valence-corrected chi connectivity index (χ3v) is 7.08. The molecule has 9 nitrogen and oxygen atoms in total. The van der Waals surface area contributed by atoms with Gasteiger partial charge in [0.2, 0.25) is 5.91 Å². The minimum atomic E-state index is -0.800. The summed E-state index contributed by atoms with van der Waals surface area (Å²) in [4.78, 5) is 35.0. The molecule has 0 aliphatic carbocycles. The van der Waals surface area contributed by atoms with Gasteiger partial charge in [0.05, 0.1) is 11.5 Å². The number of hydrogen-bond donors (Lipinski definition) is 2. The van der Waals surface area contributed by atoms with E-state index in [0.29, 0.717) is 23.5 Å². The molecule has 0 saturated heterocycles. The van der Waals surface area contributed by atoms with E-state index in [4.69, 9.17) is 9.47 Å². The number of rotatable bonds is 22. The van der Waals surface area contributed by atoms with E-state index in [0.717, 1.165) is 19.3 Å². The first-order valence-electron chi connectivity index (χ1n) is 15.7. The van der Waals surface area contributed by atoms with Crippen LogP contribution in [0.4, 0.5) is 27.5 Å². The highest BCUT2D eigenvalue weighted by Crippen LogP contribution is 2.31. The first-order chi connectivity index (χ1) is 20.4. The number of ether oxygens (including phenoxy) is 2. The number of unbranched alkanes of at least 4 members (excludes halogenated alkanes) is 14. The van der Waals surface area contributed by atoms with Crippen LogP contribution in [-0.2, 0) is 9.53 Å². The zero-order valence-electron chi connectivity index (χ0n) is 25.5. The summed E-state index contributed by atoms with van der Waals surface area (Å²) in [5, 5.41) is 17.5. The van der Waals surface area contributed by atoms with Crippen LogP contribution in [0.15, 0.2) is 42.5 Å². The highest BCUT2D eigenvalue weighted by Gasteiger charge is 2.16. The molecule has 0 spiro atoms. The van der Waals surface area contributed by atoms with Gasteiger partial charge in [-0.25, -0.2) is 4.79 Å². The molecule has 2 N–H and O–H groups in total. The number of carbonyl (C=O) groups excluding carboxylic acids is 2. The molecular weight excluding hydrogens is 534 g/mol. The van der Waals surface area contributed by atoms with E-state index in [2.05, 4.69) is 17.6 Å². The summed E-state index contributed by atoms with van der Waals surface area (Å²) in [6.45, 7) is 4.14. The Balaban J connectivity index is 1.64. The molecule has 0 unspecified atom stereocenters. The Morgan fingerprint density at radius 1 is 0.738 bits per heavy atom. The van der Waals surface area contributed by atoms with Gasteiger partial charge >= 0.3 is 6.16 Å². The number of carbonyl (C=O) groups is 2. The van der Waals surface area contributed by atoms with Gasteiger partial charge in [0, 0.05) is 23.9 Å². The first-order valence-corrected chi connectivity index (χ1v) is 15.7. The second-order valence-corrected chi connectivity index (χ2v) is 10.7. The van der Waals surface area contributed by atoms with Crippen LogP contribution < -0.4 is 15.4 Å². The molecule has 2 aromatic rings. The van der Waals surface area contributed by atoms with Gasteiger partial charge in [-0.3, -0.25) is 14.9 Å². The van der Waals surface area contributed by atoms with Crippen molar-refractivity contribution in [1.82, 2.24) is 0 Å². The van der Waals surface area contributed by atoms with Gasteiger partial charge in [0.1, 0.15) is 11.4 Å². The van der Waals surface area contributed by atoms with Crippen LogP contribution in [0, 0.1) is 10.1 Å². The lowest BCUT2D eigenvalue weighted by molar-refractivity contribution is -0.383. The van der Waals surface area contributed by atoms with Crippen molar-refractivity contribution in [2.75, 3.05) is 17.2 Å². The zero-order chi connectivity index (χ0) is 30.4. The molecule has 0 radical (unpaired) electrons. The van der Waals surface area contributed by atoms with Crippen molar-refractivity contribution in [3.05, 3.63) is 52.6 Å². The van der Waals surface area contributed by atoms with Crippen LogP contribution >= 0.6 is 0 Å². The number of benzene rings is 2. The number of nitro benzene ring substituents is 1. The molecule has 1 amide bonds. The molecule has 0 aliphatic heterocycles. The Labute approximate surface area is 250 Å². The average molecular weight is 584 g/mol. The third-order valence-electron chi connectivity index (χ3n) is 7.08. The molecule has 0 fully saturated rings. The highest BCUT2D eigenvalue weighted by atomic mass is 16.7. The van der Waals surface area contributed by atoms with Crippen molar-refractivity contribution in [2.24, 2.45) is 0 Å². The van der Waals surface area contributed by atoms with Crippen LogP contribution in [0.1, 0.15) is 117 Å². The summed E-state index contributed by atoms with van der Waals surface area (Å²) in [6, 6.07) is 10.9. The number of nitrogens with one attached hydrogen (secondary N) is 2. The van der Waals surface area contributed by atoms with Gasteiger partial charge in [0.25, 0.3) is 5.69 Å². The molecule has 0 aromatic heterocycles. The maximum atomic E-state index is 12.4. The summed E-state index contributed by atoms with van der Waals surface area (Å²) >= 11 is 0. The van der Waals surface area contributed by atoms with Crippen LogP contribution in [-0.4, -0.2) is 23.6 Å². The van der Waals surface area contributed by atoms with Crippen molar-refractivity contribution in [3.63, 3.8) is 0 Å². The summed E-state index contributed by atoms with van der Waals surface area (Å²) in [6.07, 6.45) is 18.6. The fraction of sp³-hybridized carbons (Fsp3) is 0.576. The maximum Gasteiger partial charge on any atom is 0.513 e. The van der Waals surface area contributed by atoms with Crippen LogP contribution in [0.2, 0.25) is 0 Å². The van der Waals surface area contributed by atoms with E-state index in [9.17, 15) is 19.7 Å². The van der Waals surface area contributed by atoms with E-state index < -0.39 is 11.1 Å². The van der Waals surface area contributed by atoms with E-state index in [1.807, 2.05) is 0 Å². The average Bonchev–Trinajstić information content (AvgIpc) is 2.97. The standard InChI is InChI=1S/C33H49N3O6/c1-3-5-6-7-8-9-10-11-12-13-14-15-16-17-18-19-32(37)35-28-22-25-30(31(26-28)36(39)40)34-27-20-23-29(24-21-27)42-33(38)41-4-2/h20-26,34H,3-19H2,1-2H3,(H,35,37). The third kappa shape index (κ3) is 14.8. The monoisotopic (exact) mass is 583 g/mol. The number of nitro groups is 1. The second-order valence-electron chi connectivity index (χ2n) is 10.7. The molecular formula is C33H49N3O6. The van der Waals surface area contributed by atoms with Gasteiger partial charge in [0.15, 0.2) is 0 Å². The summed E-state index contributed by atoms with van der Waals surface area (Å²) in [7, 11) is 0. The lowest BCUT2D eigenvalue weighted by atomic mass is 10.0. The quantitative estimate of drug-likeness (QED) is 0.0465. The predicted molar refractivity (Wildman–Crippen MR) is 169 cm³/mol. The molecule has 0 aliphatic rings. The molecule has 0 atom stereocenters. The van der Waals surface area contributed by atoms with E-state index in [1.165, 1.54) is 83.1 Å². The van der Waals surface area contributed by atoms with Gasteiger partial charge in [-0.05, 0) is 49.7 Å². The van der Waals surface area contributed by atoms with Crippen molar-refractivity contribution < 1.29 is 24.0 Å². The summed E-state index contributed by atoms with van der Waals surface area (Å²) in [5.74, 6) is 0.150. The SMILES string of the molecule is CCCCCCCCCCCCCCCCCC(=O)Nc1ccc(Nc2ccc(OC(=O)OCC)cc2)c([N+](=O)[O-])c1. The van der Waals surface area contributed by atoms with Crippen LogP contribution in [0.25, 0.3) is 0 Å². The molecule has 9 heteroatoms. The number of hydrogen-bond acceptors (Lipinski definition) is 7. The van der Waals surface area contributed by atoms with E-state index in [1.54, 1.807) is 43.3 Å². The Morgan fingerprint density at radius 3 is 1.79 bits per heavy atom. The normalized spacial score (nSPS) is 10.7. The Morgan fingerprint density at radius 2 is 1.26 bits per heavy atom. The maximum absolute atomic E-state index is 12.4. The lowest BCUT2D eigenvalue weighted by Gasteiger charge is -2.11. The van der Waals surface area contributed by atoms with E-state index >= 15 is 0 Å². The largest absolute Gasteiger partial charge is 0.513 e. The Bertz CT molecular complexity index is 1070. The van der Waals surface area contributed by atoms with E-state index in [-0.39, 0.29) is 23.9 Å². The molecule has 2 rings (SSSR count). The topological polar surface area (TPSA) is 120 Å². The first kappa shape index (κ1) is 34.6. The van der Waals surface area contributed by atoms with Gasteiger partial charge in [-0.15, -0.1) is 0 Å².